The second-order valence-corrected chi connectivity index (χ2v) is 5.68. The highest BCUT2D eigenvalue weighted by molar-refractivity contribution is 5.95. The lowest BCUT2D eigenvalue weighted by molar-refractivity contribution is -0.142. The molecule has 106 valence electrons. The van der Waals surface area contributed by atoms with Crippen LogP contribution in [-0.4, -0.2) is 44.9 Å². The topological polar surface area (TPSA) is 83.4 Å². The van der Waals surface area contributed by atoms with Crippen molar-refractivity contribution in [2.75, 3.05) is 13.1 Å². The molecule has 6 nitrogen and oxygen atoms in total. The zero-order valence-electron chi connectivity index (χ0n) is 11.3. The first-order valence-corrected chi connectivity index (χ1v) is 6.86. The Morgan fingerprint density at radius 3 is 2.70 bits per heavy atom. The van der Waals surface area contributed by atoms with Crippen molar-refractivity contribution >= 4 is 11.9 Å². The average molecular weight is 275 g/mol. The Morgan fingerprint density at radius 1 is 1.35 bits per heavy atom. The average Bonchev–Trinajstić information content (AvgIpc) is 3.17. The van der Waals surface area contributed by atoms with E-state index in [4.69, 9.17) is 0 Å². The van der Waals surface area contributed by atoms with Crippen LogP contribution >= 0.6 is 0 Å². The van der Waals surface area contributed by atoms with Gasteiger partial charge < -0.3 is 10.0 Å². The fourth-order valence-electron chi connectivity index (χ4n) is 3.03. The quantitative estimate of drug-likeness (QED) is 0.888. The van der Waals surface area contributed by atoms with Gasteiger partial charge in [0, 0.05) is 19.3 Å². The molecule has 2 heterocycles. The minimum absolute atomic E-state index is 0.0985. The van der Waals surface area contributed by atoms with Crippen molar-refractivity contribution < 1.29 is 14.7 Å². The molecular formula is C14H17N3O3. The molecule has 0 radical (unpaired) electrons. The second-order valence-electron chi connectivity index (χ2n) is 5.68. The van der Waals surface area contributed by atoms with E-state index >= 15 is 0 Å². The lowest BCUT2D eigenvalue weighted by Crippen LogP contribution is -2.30. The molecule has 2 fully saturated rings. The molecule has 1 saturated carbocycles. The summed E-state index contributed by atoms with van der Waals surface area (Å²) in [5.74, 6) is -0.810. The first-order chi connectivity index (χ1) is 9.58. The monoisotopic (exact) mass is 275 g/mol. The van der Waals surface area contributed by atoms with Gasteiger partial charge in [-0.25, -0.2) is 9.97 Å². The summed E-state index contributed by atoms with van der Waals surface area (Å²) >= 11 is 0. The summed E-state index contributed by atoms with van der Waals surface area (Å²) in [6, 6.07) is 0. The van der Waals surface area contributed by atoms with Gasteiger partial charge in [0.2, 0.25) is 0 Å². The Morgan fingerprint density at radius 2 is 2.10 bits per heavy atom. The summed E-state index contributed by atoms with van der Waals surface area (Å²) in [7, 11) is 0. The van der Waals surface area contributed by atoms with E-state index in [1.807, 2.05) is 0 Å². The molecule has 2 aliphatic rings. The van der Waals surface area contributed by atoms with E-state index in [0.717, 1.165) is 12.8 Å². The van der Waals surface area contributed by atoms with Crippen LogP contribution in [0.4, 0.5) is 0 Å². The molecule has 1 amide bonds. The van der Waals surface area contributed by atoms with E-state index in [0.29, 0.717) is 30.3 Å². The number of nitrogens with zero attached hydrogens (tertiary/aromatic N) is 3. The molecule has 1 aliphatic carbocycles. The number of likely N-dealkylation sites (tertiary alicyclic amines) is 1. The number of carbonyl (C=O) groups is 2. The van der Waals surface area contributed by atoms with Gasteiger partial charge in [-0.05, 0) is 31.6 Å². The van der Waals surface area contributed by atoms with Crippen molar-refractivity contribution in [3.8, 4) is 0 Å². The number of carbonyl (C=O) groups excluding carboxylic acids is 1. The maximum atomic E-state index is 12.5. The van der Waals surface area contributed by atoms with Crippen molar-refractivity contribution in [3.05, 3.63) is 23.8 Å². The zero-order chi connectivity index (χ0) is 14.3. The number of carboxylic acid groups (broad SMARTS) is 1. The molecule has 1 aromatic heterocycles. The Bertz CT molecular complexity index is 556. The second kappa shape index (κ2) is 4.85. The van der Waals surface area contributed by atoms with Gasteiger partial charge in [-0.15, -0.1) is 0 Å². The van der Waals surface area contributed by atoms with E-state index in [1.54, 1.807) is 11.8 Å². The van der Waals surface area contributed by atoms with Crippen LogP contribution in [0.5, 0.6) is 0 Å². The third kappa shape index (κ3) is 2.26. The molecule has 2 atom stereocenters. The highest BCUT2D eigenvalue weighted by Crippen LogP contribution is 2.44. The standard InChI is InChI=1S/C14H17N3O3/c1-8-10(4-15-7-16-8)13(18)17-5-11(9-2-3-9)12(6-17)14(19)20/h4,7,9,11-12H,2-3,5-6H2,1H3,(H,19,20)/t11-,12+/m1/s1. The van der Waals surface area contributed by atoms with E-state index < -0.39 is 11.9 Å². The summed E-state index contributed by atoms with van der Waals surface area (Å²) in [4.78, 5) is 33.4. The van der Waals surface area contributed by atoms with Crippen molar-refractivity contribution in [1.82, 2.24) is 14.9 Å². The van der Waals surface area contributed by atoms with E-state index in [1.165, 1.54) is 12.5 Å². The number of aryl methyl sites for hydroxylation is 1. The smallest absolute Gasteiger partial charge is 0.308 e. The molecule has 0 bridgehead atoms. The molecule has 3 rings (SSSR count). The molecule has 20 heavy (non-hydrogen) atoms. The third-order valence-electron chi connectivity index (χ3n) is 4.34. The van der Waals surface area contributed by atoms with E-state index in [2.05, 4.69) is 9.97 Å². The van der Waals surface area contributed by atoms with Crippen molar-refractivity contribution in [1.29, 1.82) is 0 Å². The lowest BCUT2D eigenvalue weighted by atomic mass is 9.92. The minimum Gasteiger partial charge on any atom is -0.481 e. The van der Waals surface area contributed by atoms with Gasteiger partial charge in [-0.2, -0.15) is 0 Å². The van der Waals surface area contributed by atoms with Crippen LogP contribution in [0.2, 0.25) is 0 Å². The fraction of sp³-hybridized carbons (Fsp3) is 0.571. The van der Waals surface area contributed by atoms with Crippen molar-refractivity contribution in [2.45, 2.75) is 19.8 Å². The number of amides is 1. The first-order valence-electron chi connectivity index (χ1n) is 6.86. The Labute approximate surface area is 116 Å². The van der Waals surface area contributed by atoms with Crippen molar-refractivity contribution in [2.24, 2.45) is 17.8 Å². The Hall–Kier alpha value is -1.98. The largest absolute Gasteiger partial charge is 0.481 e. The van der Waals surface area contributed by atoms with Crippen LogP contribution < -0.4 is 0 Å². The molecule has 1 aromatic rings. The first kappa shape index (κ1) is 13.0. The molecular weight excluding hydrogens is 258 g/mol. The minimum atomic E-state index is -0.793. The normalized spacial score (nSPS) is 25.8. The number of rotatable bonds is 3. The summed E-state index contributed by atoms with van der Waals surface area (Å²) in [6.07, 6.45) is 5.09. The van der Waals surface area contributed by atoms with Crippen LogP contribution in [0.15, 0.2) is 12.5 Å². The molecule has 0 unspecified atom stereocenters. The highest BCUT2D eigenvalue weighted by atomic mass is 16.4. The Kier molecular flexibility index (Phi) is 3.16. The molecule has 1 saturated heterocycles. The predicted molar refractivity (Wildman–Crippen MR) is 70.0 cm³/mol. The fourth-order valence-corrected chi connectivity index (χ4v) is 3.03. The van der Waals surface area contributed by atoms with Gasteiger partial charge in [0.25, 0.3) is 5.91 Å². The van der Waals surface area contributed by atoms with Crippen LogP contribution in [0.3, 0.4) is 0 Å². The van der Waals surface area contributed by atoms with Gasteiger partial charge in [-0.3, -0.25) is 9.59 Å². The van der Waals surface area contributed by atoms with Gasteiger partial charge in [0.15, 0.2) is 0 Å². The number of hydrogen-bond acceptors (Lipinski definition) is 4. The number of aliphatic carboxylic acids is 1. The van der Waals surface area contributed by atoms with Crippen LogP contribution in [0, 0.1) is 24.7 Å². The van der Waals surface area contributed by atoms with Gasteiger partial charge in [-0.1, -0.05) is 0 Å². The SMILES string of the molecule is Cc1ncncc1C(=O)N1C[C@H](C(=O)O)[C@@H](C2CC2)C1. The summed E-state index contributed by atoms with van der Waals surface area (Å²) < 4.78 is 0. The number of aromatic nitrogens is 2. The maximum absolute atomic E-state index is 12.5. The molecule has 1 N–H and O–H groups in total. The van der Waals surface area contributed by atoms with Crippen LogP contribution in [0.1, 0.15) is 28.9 Å². The van der Waals surface area contributed by atoms with E-state index in [9.17, 15) is 14.7 Å². The lowest BCUT2D eigenvalue weighted by Gasteiger charge is -2.16. The number of carboxylic acids is 1. The van der Waals surface area contributed by atoms with Gasteiger partial charge in [0.05, 0.1) is 17.2 Å². The highest BCUT2D eigenvalue weighted by Gasteiger charge is 2.47. The molecule has 0 spiro atoms. The van der Waals surface area contributed by atoms with E-state index in [-0.39, 0.29) is 11.8 Å². The predicted octanol–water partition coefficient (Wildman–Crippen LogP) is 0.968. The van der Waals surface area contributed by atoms with Gasteiger partial charge >= 0.3 is 5.97 Å². The molecule has 1 aliphatic heterocycles. The number of hydrogen-bond donors (Lipinski definition) is 1. The molecule has 6 heteroatoms. The third-order valence-corrected chi connectivity index (χ3v) is 4.34. The summed E-state index contributed by atoms with van der Waals surface area (Å²) in [6.45, 7) is 2.59. The Balaban J connectivity index is 1.80. The van der Waals surface area contributed by atoms with Crippen LogP contribution in [-0.2, 0) is 4.79 Å². The van der Waals surface area contributed by atoms with Gasteiger partial charge in [0.1, 0.15) is 6.33 Å². The van der Waals surface area contributed by atoms with Crippen LogP contribution in [0.25, 0.3) is 0 Å². The maximum Gasteiger partial charge on any atom is 0.308 e. The molecule has 0 aromatic carbocycles. The summed E-state index contributed by atoms with van der Waals surface area (Å²) in [5.41, 5.74) is 1.10. The van der Waals surface area contributed by atoms with Crippen molar-refractivity contribution in [3.63, 3.8) is 0 Å². The zero-order valence-corrected chi connectivity index (χ0v) is 11.3. The summed E-state index contributed by atoms with van der Waals surface area (Å²) in [5, 5.41) is 9.32.